The first kappa shape index (κ1) is 20.6. The number of aliphatic imine (C=N–C) groups is 1. The van der Waals surface area contributed by atoms with Crippen molar-refractivity contribution in [2.45, 2.75) is 31.8 Å². The van der Waals surface area contributed by atoms with E-state index in [9.17, 15) is 0 Å². The van der Waals surface area contributed by atoms with E-state index in [1.54, 1.807) is 0 Å². The topological polar surface area (TPSA) is 83.9 Å². The van der Waals surface area contributed by atoms with Crippen molar-refractivity contribution in [1.82, 2.24) is 20.2 Å². The Balaban J connectivity index is 1.30. The van der Waals surface area contributed by atoms with Crippen molar-refractivity contribution < 1.29 is 9.47 Å². The maximum Gasteiger partial charge on any atom is 0.228 e. The highest BCUT2D eigenvalue weighted by atomic mass is 16.5. The highest BCUT2D eigenvalue weighted by Gasteiger charge is 2.44. The minimum Gasteiger partial charge on any atom is -0.480 e. The van der Waals surface area contributed by atoms with E-state index in [2.05, 4.69) is 33.5 Å². The number of allylic oxidation sites excluding steroid dienone is 1. The van der Waals surface area contributed by atoms with Crippen LogP contribution in [0.1, 0.15) is 31.9 Å². The second-order valence-electron chi connectivity index (χ2n) is 9.26. The van der Waals surface area contributed by atoms with Gasteiger partial charge >= 0.3 is 0 Å². The zero-order chi connectivity index (χ0) is 22.3. The van der Waals surface area contributed by atoms with E-state index in [0.717, 1.165) is 73.8 Å². The van der Waals surface area contributed by atoms with E-state index in [1.165, 1.54) is 5.70 Å². The van der Waals surface area contributed by atoms with Gasteiger partial charge < -0.3 is 25.0 Å². The smallest absolute Gasteiger partial charge is 0.228 e. The number of benzene rings is 1. The molecular weight excluding hydrogens is 416 g/mol. The van der Waals surface area contributed by atoms with Gasteiger partial charge in [-0.1, -0.05) is 25.1 Å². The summed E-state index contributed by atoms with van der Waals surface area (Å²) in [6, 6.07) is 8.15. The largest absolute Gasteiger partial charge is 0.480 e. The molecule has 2 fully saturated rings. The van der Waals surface area contributed by atoms with Crippen LogP contribution in [0, 0.1) is 5.92 Å². The molecular formula is C25H30N6O2. The molecule has 1 unspecified atom stereocenters. The first-order chi connectivity index (χ1) is 16.2. The van der Waals surface area contributed by atoms with Crippen LogP contribution in [0.25, 0.3) is 11.1 Å². The van der Waals surface area contributed by atoms with Gasteiger partial charge in [0.25, 0.3) is 0 Å². The standard InChI is InChI=1S/C25H30N6O2/c1-17-14-22(27-16-20(17)31-10-8-26-9-11-31)29-24-28-15-19-18-4-2-3-5-21(18)33-25(23(19)30-24)6-12-32-13-7-25/h2-5,15-17,26H,6-14H2,1H3,(H,27,28,29,30). The SMILES string of the molecule is CC1CC(Nc2ncc3c(n2)C2(CCOCC2)Oc2ccccc2-3)=NC=C1N1CCNCC1. The predicted molar refractivity (Wildman–Crippen MR) is 127 cm³/mol. The average molecular weight is 447 g/mol. The number of piperazine rings is 1. The molecule has 2 aromatic rings. The summed E-state index contributed by atoms with van der Waals surface area (Å²) in [7, 11) is 0. The molecule has 1 aromatic carbocycles. The number of aromatic nitrogens is 2. The fourth-order valence-electron chi connectivity index (χ4n) is 5.31. The number of nitrogens with zero attached hydrogens (tertiary/aromatic N) is 4. The third-order valence-corrected chi connectivity index (χ3v) is 7.10. The Morgan fingerprint density at radius 3 is 2.76 bits per heavy atom. The number of hydrogen-bond acceptors (Lipinski definition) is 8. The minimum absolute atomic E-state index is 0.401. The number of anilines is 1. The molecule has 5 heterocycles. The van der Waals surface area contributed by atoms with Crippen molar-refractivity contribution in [3.05, 3.63) is 48.1 Å². The van der Waals surface area contributed by atoms with Gasteiger partial charge in [0, 0.05) is 80.6 Å². The van der Waals surface area contributed by atoms with Gasteiger partial charge in [-0.15, -0.1) is 0 Å². The third-order valence-electron chi connectivity index (χ3n) is 7.10. The molecule has 33 heavy (non-hydrogen) atoms. The Morgan fingerprint density at radius 2 is 1.94 bits per heavy atom. The van der Waals surface area contributed by atoms with Gasteiger partial charge in [0.1, 0.15) is 11.6 Å². The number of para-hydroxylation sites is 1. The van der Waals surface area contributed by atoms with Crippen LogP contribution in [0.2, 0.25) is 0 Å². The summed E-state index contributed by atoms with van der Waals surface area (Å²) in [4.78, 5) is 16.8. The van der Waals surface area contributed by atoms with E-state index in [1.807, 2.05) is 30.6 Å². The molecule has 4 aliphatic rings. The third kappa shape index (κ3) is 3.77. The average Bonchev–Trinajstić information content (AvgIpc) is 2.85. The summed E-state index contributed by atoms with van der Waals surface area (Å²) in [5.41, 5.74) is 3.88. The van der Waals surface area contributed by atoms with E-state index < -0.39 is 5.60 Å². The summed E-state index contributed by atoms with van der Waals surface area (Å²) in [6.07, 6.45) is 6.34. The lowest BCUT2D eigenvalue weighted by Gasteiger charge is -2.41. The summed E-state index contributed by atoms with van der Waals surface area (Å²) < 4.78 is 12.2. The molecule has 2 saturated heterocycles. The van der Waals surface area contributed by atoms with E-state index in [0.29, 0.717) is 25.1 Å². The molecule has 2 N–H and O–H groups in total. The monoisotopic (exact) mass is 446 g/mol. The van der Waals surface area contributed by atoms with Crippen molar-refractivity contribution in [2.24, 2.45) is 10.9 Å². The van der Waals surface area contributed by atoms with Gasteiger partial charge in [0.15, 0.2) is 5.60 Å². The molecule has 8 heteroatoms. The molecule has 8 nitrogen and oxygen atoms in total. The van der Waals surface area contributed by atoms with Crippen LogP contribution >= 0.6 is 0 Å². The number of amidine groups is 1. The Labute approximate surface area is 194 Å². The molecule has 172 valence electrons. The van der Waals surface area contributed by atoms with Crippen molar-refractivity contribution in [2.75, 3.05) is 44.7 Å². The summed E-state index contributed by atoms with van der Waals surface area (Å²) in [5, 5.41) is 6.81. The Kier molecular flexibility index (Phi) is 5.27. The van der Waals surface area contributed by atoms with Crippen molar-refractivity contribution in [3.63, 3.8) is 0 Å². The quantitative estimate of drug-likeness (QED) is 0.733. The predicted octanol–water partition coefficient (Wildman–Crippen LogP) is 3.14. The molecule has 1 atom stereocenters. The number of ether oxygens (including phenoxy) is 2. The molecule has 0 bridgehead atoms. The molecule has 1 spiro atoms. The maximum absolute atomic E-state index is 6.58. The molecule has 0 amide bonds. The summed E-state index contributed by atoms with van der Waals surface area (Å²) in [6.45, 7) is 7.72. The first-order valence-corrected chi connectivity index (χ1v) is 11.9. The van der Waals surface area contributed by atoms with Gasteiger partial charge in [-0.2, -0.15) is 0 Å². The van der Waals surface area contributed by atoms with Crippen LogP contribution in [-0.2, 0) is 10.3 Å². The minimum atomic E-state index is -0.474. The van der Waals surface area contributed by atoms with E-state index in [4.69, 9.17) is 19.5 Å². The van der Waals surface area contributed by atoms with Gasteiger partial charge in [0.05, 0.1) is 18.9 Å². The molecule has 6 rings (SSSR count). The fraction of sp³-hybridized carbons (Fsp3) is 0.480. The van der Waals surface area contributed by atoms with Crippen LogP contribution in [0.5, 0.6) is 5.75 Å². The zero-order valence-electron chi connectivity index (χ0n) is 19.0. The number of rotatable bonds is 2. The first-order valence-electron chi connectivity index (χ1n) is 11.9. The number of fused-ring (bicyclic) bond motifs is 4. The lowest BCUT2D eigenvalue weighted by Crippen LogP contribution is -2.44. The fourth-order valence-corrected chi connectivity index (χ4v) is 5.31. The number of nitrogens with one attached hydrogen (secondary N) is 2. The molecule has 1 aromatic heterocycles. The maximum atomic E-state index is 6.58. The molecule has 0 saturated carbocycles. The van der Waals surface area contributed by atoms with Crippen molar-refractivity contribution in [1.29, 1.82) is 0 Å². The van der Waals surface area contributed by atoms with Crippen LogP contribution in [0.4, 0.5) is 5.95 Å². The Morgan fingerprint density at radius 1 is 1.12 bits per heavy atom. The van der Waals surface area contributed by atoms with Crippen LogP contribution in [0.3, 0.4) is 0 Å². The Hall–Kier alpha value is -2.97. The highest BCUT2D eigenvalue weighted by Crippen LogP contribution is 2.48. The van der Waals surface area contributed by atoms with Gasteiger partial charge in [-0.25, -0.2) is 15.0 Å². The van der Waals surface area contributed by atoms with E-state index >= 15 is 0 Å². The van der Waals surface area contributed by atoms with E-state index in [-0.39, 0.29) is 0 Å². The van der Waals surface area contributed by atoms with Gasteiger partial charge in [0.2, 0.25) is 5.95 Å². The lowest BCUT2D eigenvalue weighted by atomic mass is 9.83. The van der Waals surface area contributed by atoms with Crippen LogP contribution in [0.15, 0.2) is 47.4 Å². The highest BCUT2D eigenvalue weighted by molar-refractivity contribution is 5.95. The molecule has 0 aliphatic carbocycles. The summed E-state index contributed by atoms with van der Waals surface area (Å²) >= 11 is 0. The second kappa shape index (κ2) is 8.43. The Bertz CT molecular complexity index is 1100. The molecule has 4 aliphatic heterocycles. The van der Waals surface area contributed by atoms with Crippen LogP contribution in [-0.4, -0.2) is 60.1 Å². The zero-order valence-corrected chi connectivity index (χ0v) is 19.0. The van der Waals surface area contributed by atoms with Crippen molar-refractivity contribution >= 4 is 11.8 Å². The van der Waals surface area contributed by atoms with Crippen molar-refractivity contribution in [3.8, 4) is 16.9 Å². The second-order valence-corrected chi connectivity index (χ2v) is 9.26. The van der Waals surface area contributed by atoms with Crippen LogP contribution < -0.4 is 15.4 Å². The summed E-state index contributed by atoms with van der Waals surface area (Å²) in [5.74, 6) is 2.78. The van der Waals surface area contributed by atoms with Gasteiger partial charge in [-0.3, -0.25) is 0 Å². The lowest BCUT2D eigenvalue weighted by molar-refractivity contribution is -0.0540. The normalized spacial score (nSPS) is 23.7. The number of hydrogen-bond donors (Lipinski definition) is 2. The van der Waals surface area contributed by atoms with Gasteiger partial charge in [-0.05, 0) is 6.07 Å². The molecule has 0 radical (unpaired) electrons.